The van der Waals surface area contributed by atoms with Crippen LogP contribution >= 0.6 is 18.7 Å². The zero-order valence-corrected chi connectivity index (χ0v) is 21.9. The molecule has 1 aromatic heterocycles. The van der Waals surface area contributed by atoms with Gasteiger partial charge in [0.2, 0.25) is 5.95 Å². The van der Waals surface area contributed by atoms with E-state index in [4.69, 9.17) is 16.3 Å². The monoisotopic (exact) mass is 539 g/mol. The average Bonchev–Trinajstić information content (AvgIpc) is 2.79. The number of benzene rings is 2. The Balaban J connectivity index is 1.67. The molecule has 0 spiro atoms. The number of nitrogens with zero attached hydrogens (tertiary/aromatic N) is 3. The number of hydrogen-bond donors (Lipinski definition) is 2. The van der Waals surface area contributed by atoms with E-state index in [1.165, 1.54) is 31.2 Å². The molecule has 12 heteroatoms. The maximum Gasteiger partial charge on any atom is 0.416 e. The van der Waals surface area contributed by atoms with Crippen molar-refractivity contribution in [2.75, 3.05) is 44.7 Å². The van der Waals surface area contributed by atoms with Crippen LogP contribution in [-0.2, 0) is 23.7 Å². The van der Waals surface area contributed by atoms with Gasteiger partial charge in [-0.2, -0.15) is 18.2 Å². The summed E-state index contributed by atoms with van der Waals surface area (Å²) in [5.41, 5.74) is 2.39. The highest BCUT2D eigenvalue weighted by molar-refractivity contribution is 7.70. The summed E-state index contributed by atoms with van der Waals surface area (Å²) in [6, 6.07) is 7.03. The smallest absolute Gasteiger partial charge is 0.416 e. The molecule has 0 unspecified atom stereocenters. The van der Waals surface area contributed by atoms with E-state index in [-0.39, 0.29) is 27.8 Å². The molecule has 0 saturated heterocycles. The van der Waals surface area contributed by atoms with Crippen molar-refractivity contribution >= 4 is 47.2 Å². The van der Waals surface area contributed by atoms with Crippen LogP contribution in [0.5, 0.6) is 5.75 Å². The van der Waals surface area contributed by atoms with E-state index in [0.29, 0.717) is 11.4 Å². The van der Waals surface area contributed by atoms with Gasteiger partial charge in [0.25, 0.3) is 0 Å². The fourth-order valence-corrected chi connectivity index (χ4v) is 5.32. The molecule has 0 saturated carbocycles. The Morgan fingerprint density at radius 3 is 2.53 bits per heavy atom. The Kier molecular flexibility index (Phi) is 7.23. The molecule has 2 aromatic carbocycles. The number of aromatic nitrogens is 2. The lowest BCUT2D eigenvalue weighted by molar-refractivity contribution is -0.137. The Morgan fingerprint density at radius 2 is 1.86 bits per heavy atom. The lowest BCUT2D eigenvalue weighted by Crippen LogP contribution is -2.26. The average molecular weight is 540 g/mol. The van der Waals surface area contributed by atoms with E-state index in [1.54, 1.807) is 7.11 Å². The SMILES string of the molecule is COc1cc2c(cc1Nc1ncc(Cl)c(Nc3ccc(C(F)(F)F)cc3P(C)(C)=O)n1)CN(C)CC2. The predicted octanol–water partition coefficient (Wildman–Crippen LogP) is 5.88. The minimum Gasteiger partial charge on any atom is -0.495 e. The Bertz CT molecular complexity index is 1350. The Morgan fingerprint density at radius 1 is 1.11 bits per heavy atom. The highest BCUT2D eigenvalue weighted by Crippen LogP contribution is 2.41. The first-order valence-corrected chi connectivity index (χ1v) is 14.0. The maximum atomic E-state index is 13.3. The van der Waals surface area contributed by atoms with Gasteiger partial charge in [0, 0.05) is 18.4 Å². The van der Waals surface area contributed by atoms with Crippen LogP contribution in [-0.4, -0.2) is 48.9 Å². The third-order valence-corrected chi connectivity index (χ3v) is 7.68. The molecule has 0 amide bonds. The molecule has 4 rings (SSSR count). The van der Waals surface area contributed by atoms with E-state index >= 15 is 0 Å². The van der Waals surface area contributed by atoms with Gasteiger partial charge in [0.15, 0.2) is 5.82 Å². The van der Waals surface area contributed by atoms with Gasteiger partial charge in [0.1, 0.15) is 17.9 Å². The van der Waals surface area contributed by atoms with Crippen molar-refractivity contribution in [1.29, 1.82) is 0 Å². The molecule has 2 heterocycles. The van der Waals surface area contributed by atoms with E-state index in [9.17, 15) is 17.7 Å². The number of nitrogens with one attached hydrogen (secondary N) is 2. The van der Waals surface area contributed by atoms with Gasteiger partial charge >= 0.3 is 6.18 Å². The van der Waals surface area contributed by atoms with Gasteiger partial charge in [0.05, 0.1) is 30.2 Å². The molecule has 0 atom stereocenters. The van der Waals surface area contributed by atoms with Crippen LogP contribution in [0, 0.1) is 0 Å². The summed E-state index contributed by atoms with van der Waals surface area (Å²) in [4.78, 5) is 10.9. The summed E-state index contributed by atoms with van der Waals surface area (Å²) >= 11 is 6.29. The highest BCUT2D eigenvalue weighted by Gasteiger charge is 2.32. The zero-order valence-electron chi connectivity index (χ0n) is 20.2. The van der Waals surface area contributed by atoms with Gasteiger partial charge in [-0.3, -0.25) is 0 Å². The lowest BCUT2D eigenvalue weighted by atomic mass is 9.99. The van der Waals surface area contributed by atoms with Crippen LogP contribution in [0.25, 0.3) is 0 Å². The summed E-state index contributed by atoms with van der Waals surface area (Å²) in [6.45, 7) is 4.57. The minimum atomic E-state index is -4.56. The molecule has 7 nitrogen and oxygen atoms in total. The summed E-state index contributed by atoms with van der Waals surface area (Å²) < 4.78 is 58.1. The number of methoxy groups -OCH3 is 1. The number of fused-ring (bicyclic) bond motifs is 1. The normalized spacial score (nSPS) is 14.3. The Labute approximate surface area is 212 Å². The first-order chi connectivity index (χ1) is 16.8. The summed E-state index contributed by atoms with van der Waals surface area (Å²) in [5, 5.41) is 6.27. The number of hydrogen-bond acceptors (Lipinski definition) is 7. The highest BCUT2D eigenvalue weighted by atomic mass is 35.5. The van der Waals surface area contributed by atoms with Crippen molar-refractivity contribution in [2.45, 2.75) is 19.1 Å². The van der Waals surface area contributed by atoms with Crippen LogP contribution < -0.4 is 20.7 Å². The first-order valence-electron chi connectivity index (χ1n) is 11.1. The van der Waals surface area contributed by atoms with Crippen LogP contribution in [0.2, 0.25) is 5.02 Å². The quantitative estimate of drug-likeness (QED) is 0.379. The van der Waals surface area contributed by atoms with Crippen molar-refractivity contribution < 1.29 is 22.5 Å². The molecule has 0 radical (unpaired) electrons. The lowest BCUT2D eigenvalue weighted by Gasteiger charge is -2.26. The van der Waals surface area contributed by atoms with E-state index in [2.05, 4.69) is 32.5 Å². The molecular formula is C24H26ClF3N5O2P. The van der Waals surface area contributed by atoms with Crippen LogP contribution in [0.1, 0.15) is 16.7 Å². The van der Waals surface area contributed by atoms with Crippen molar-refractivity contribution in [2.24, 2.45) is 0 Å². The number of rotatable bonds is 6. The summed E-state index contributed by atoms with van der Waals surface area (Å²) in [5.74, 6) is 0.989. The van der Waals surface area contributed by atoms with Gasteiger partial charge < -0.3 is 24.8 Å². The second-order valence-corrected chi connectivity index (χ2v) is 12.6. The third kappa shape index (κ3) is 5.77. The molecule has 1 aliphatic heterocycles. The zero-order chi connectivity index (χ0) is 26.3. The van der Waals surface area contributed by atoms with Crippen molar-refractivity contribution in [1.82, 2.24) is 14.9 Å². The predicted molar refractivity (Wildman–Crippen MR) is 137 cm³/mol. The molecule has 3 aromatic rings. The molecule has 1 aliphatic rings. The van der Waals surface area contributed by atoms with Gasteiger partial charge in [-0.15, -0.1) is 0 Å². The summed E-state index contributed by atoms with van der Waals surface area (Å²) in [7, 11) is 0.555. The molecular weight excluding hydrogens is 514 g/mol. The van der Waals surface area contributed by atoms with Gasteiger partial charge in [-0.1, -0.05) is 11.6 Å². The van der Waals surface area contributed by atoms with Gasteiger partial charge in [-0.25, -0.2) is 4.98 Å². The maximum absolute atomic E-state index is 13.3. The van der Waals surface area contributed by atoms with Crippen LogP contribution in [0.3, 0.4) is 0 Å². The number of halogens is 4. The number of alkyl halides is 3. The number of likely N-dealkylation sites (N-methyl/N-ethyl adjacent to an activating group) is 1. The standard InChI is InChI=1S/C24H26ClF3N5O2P/c1-33-8-7-14-10-20(35-2)19(9-15(14)13-33)31-23-29-12-17(25)22(32-23)30-18-6-5-16(24(26,27)28)11-21(18)36(3,4)34/h5-6,9-12H,7-8,13H2,1-4H3,(H2,29,30,31,32). The van der Waals surface area contributed by atoms with Gasteiger partial charge in [-0.05, 0) is 68.3 Å². The van der Waals surface area contributed by atoms with Crippen LogP contribution in [0.4, 0.5) is 36.3 Å². The van der Waals surface area contributed by atoms with E-state index < -0.39 is 18.9 Å². The second-order valence-electron chi connectivity index (χ2n) is 9.03. The summed E-state index contributed by atoms with van der Waals surface area (Å²) in [6.07, 6.45) is -2.27. The largest absolute Gasteiger partial charge is 0.495 e. The number of anilines is 4. The van der Waals surface area contributed by atoms with Crippen LogP contribution in [0.15, 0.2) is 36.5 Å². The minimum absolute atomic E-state index is 0.0435. The van der Waals surface area contributed by atoms with Crippen molar-refractivity contribution in [3.8, 4) is 5.75 Å². The molecule has 192 valence electrons. The molecule has 0 aliphatic carbocycles. The fraction of sp³-hybridized carbons (Fsp3) is 0.333. The fourth-order valence-electron chi connectivity index (χ4n) is 4.02. The van der Waals surface area contributed by atoms with Crippen molar-refractivity contribution in [3.05, 3.63) is 58.2 Å². The van der Waals surface area contributed by atoms with Crippen molar-refractivity contribution in [3.63, 3.8) is 0 Å². The van der Waals surface area contributed by atoms with E-state index in [1.807, 2.05) is 12.1 Å². The molecule has 2 N–H and O–H groups in total. The Hall–Kier alpha value is -2.81. The number of ether oxygens (including phenoxy) is 1. The molecule has 0 bridgehead atoms. The first kappa shape index (κ1) is 26.3. The third-order valence-electron chi connectivity index (χ3n) is 5.87. The topological polar surface area (TPSA) is 79.4 Å². The second kappa shape index (κ2) is 9.92. The molecule has 0 fully saturated rings. The van der Waals surface area contributed by atoms with E-state index in [0.717, 1.165) is 37.2 Å². The molecule has 36 heavy (non-hydrogen) atoms.